The van der Waals surface area contributed by atoms with E-state index in [0.717, 1.165) is 43.4 Å². The summed E-state index contributed by atoms with van der Waals surface area (Å²) in [4.78, 5) is 11.8. The van der Waals surface area contributed by atoms with Gasteiger partial charge in [-0.3, -0.25) is 5.41 Å². The number of nitriles is 1. The largest absolute Gasteiger partial charge is 0.402 e. The number of anilines is 2. The van der Waals surface area contributed by atoms with Crippen LogP contribution in [0.3, 0.4) is 0 Å². The smallest absolute Gasteiger partial charge is 0.225 e. The van der Waals surface area contributed by atoms with Gasteiger partial charge in [0.2, 0.25) is 5.95 Å². The summed E-state index contributed by atoms with van der Waals surface area (Å²) in [6.45, 7) is 4.79. The first-order valence-electron chi connectivity index (χ1n) is 10.4. The third-order valence-corrected chi connectivity index (χ3v) is 5.93. The lowest BCUT2D eigenvalue weighted by atomic mass is 10.0. The van der Waals surface area contributed by atoms with Crippen LogP contribution in [0.5, 0.6) is 0 Å². The number of nitrogens with zero attached hydrogens (tertiary/aromatic N) is 4. The molecule has 8 nitrogen and oxygen atoms in total. The average molecular weight is 405 g/mol. The number of aromatic nitrogens is 2. The van der Waals surface area contributed by atoms with E-state index in [0.29, 0.717) is 41.8 Å². The normalized spacial score (nSPS) is 23.9. The number of nitrogens with two attached hydrogens (primary N) is 1. The van der Waals surface area contributed by atoms with Crippen molar-refractivity contribution in [3.05, 3.63) is 36.0 Å². The monoisotopic (exact) mass is 404 g/mol. The molecule has 1 aliphatic carbocycles. The molecule has 30 heavy (non-hydrogen) atoms. The van der Waals surface area contributed by atoms with Gasteiger partial charge in [0.25, 0.3) is 0 Å². The van der Waals surface area contributed by atoms with E-state index in [9.17, 15) is 0 Å². The maximum absolute atomic E-state index is 8.80. The second-order valence-corrected chi connectivity index (χ2v) is 8.34. The Kier molecular flexibility index (Phi) is 5.81. The first-order chi connectivity index (χ1) is 14.5. The number of para-hydroxylation sites is 1. The molecule has 1 aromatic carbocycles. The lowest BCUT2D eigenvalue weighted by Crippen LogP contribution is -2.26. The highest BCUT2D eigenvalue weighted by atomic mass is 15.2. The van der Waals surface area contributed by atoms with Gasteiger partial charge in [0.15, 0.2) is 0 Å². The van der Waals surface area contributed by atoms with Crippen LogP contribution in [0.2, 0.25) is 0 Å². The van der Waals surface area contributed by atoms with E-state index < -0.39 is 0 Å². The molecule has 2 fully saturated rings. The molecule has 8 heteroatoms. The van der Waals surface area contributed by atoms with Gasteiger partial charge in [-0.1, -0.05) is 12.1 Å². The minimum atomic E-state index is 0.192. The number of likely N-dealkylation sites (tertiary alicyclic amines) is 1. The molecule has 2 aromatic rings. The molecule has 0 unspecified atom stereocenters. The molecule has 5 N–H and O–H groups in total. The van der Waals surface area contributed by atoms with Gasteiger partial charge in [0, 0.05) is 43.2 Å². The van der Waals surface area contributed by atoms with Crippen molar-refractivity contribution >= 4 is 28.5 Å². The molecule has 1 aliphatic heterocycles. The fourth-order valence-electron chi connectivity index (χ4n) is 4.72. The van der Waals surface area contributed by atoms with Crippen LogP contribution in [-0.2, 0) is 0 Å². The molecule has 0 spiro atoms. The molecule has 3 atom stereocenters. The van der Waals surface area contributed by atoms with Crippen molar-refractivity contribution in [1.82, 2.24) is 14.9 Å². The van der Waals surface area contributed by atoms with Crippen molar-refractivity contribution in [1.29, 1.82) is 10.7 Å². The Labute approximate surface area is 176 Å². The molecule has 1 saturated heterocycles. The maximum Gasteiger partial charge on any atom is 0.225 e. The highest BCUT2D eigenvalue weighted by molar-refractivity contribution is 6.06. The number of rotatable bonds is 6. The van der Waals surface area contributed by atoms with Crippen molar-refractivity contribution in [3.63, 3.8) is 0 Å². The quantitative estimate of drug-likeness (QED) is 0.431. The molecule has 0 bridgehead atoms. The van der Waals surface area contributed by atoms with E-state index in [2.05, 4.69) is 26.6 Å². The summed E-state index contributed by atoms with van der Waals surface area (Å²) in [6.07, 6.45) is 4.37. The van der Waals surface area contributed by atoms with Crippen molar-refractivity contribution in [2.75, 3.05) is 30.3 Å². The Morgan fingerprint density at radius 2 is 2.03 bits per heavy atom. The molecule has 0 radical (unpaired) electrons. The zero-order valence-electron chi connectivity index (χ0n) is 17.2. The lowest BCUT2D eigenvalue weighted by molar-refractivity contribution is 0.315. The van der Waals surface area contributed by atoms with Crippen LogP contribution in [0.15, 0.2) is 36.0 Å². The second kappa shape index (κ2) is 8.67. The van der Waals surface area contributed by atoms with Crippen LogP contribution >= 0.6 is 0 Å². The topological polar surface area (TPSA) is 127 Å². The van der Waals surface area contributed by atoms with Crippen molar-refractivity contribution in [2.24, 2.45) is 17.6 Å². The van der Waals surface area contributed by atoms with Crippen LogP contribution in [0.4, 0.5) is 11.8 Å². The van der Waals surface area contributed by atoms with Crippen molar-refractivity contribution in [3.8, 4) is 6.07 Å². The molecular weight excluding hydrogens is 376 g/mol. The van der Waals surface area contributed by atoms with Gasteiger partial charge in [-0.15, -0.1) is 0 Å². The second-order valence-electron chi connectivity index (χ2n) is 8.34. The molecule has 0 amide bonds. The highest BCUT2D eigenvalue weighted by Crippen LogP contribution is 2.39. The van der Waals surface area contributed by atoms with Gasteiger partial charge in [-0.2, -0.15) is 10.2 Å². The van der Waals surface area contributed by atoms with E-state index in [4.69, 9.17) is 21.4 Å². The summed E-state index contributed by atoms with van der Waals surface area (Å²) in [6, 6.07) is 10.4. The molecule has 156 valence electrons. The minimum absolute atomic E-state index is 0.192. The first kappa shape index (κ1) is 20.1. The fourth-order valence-corrected chi connectivity index (χ4v) is 4.72. The summed E-state index contributed by atoms with van der Waals surface area (Å²) in [7, 11) is 0. The molecule has 1 aromatic heterocycles. The predicted molar refractivity (Wildman–Crippen MR) is 119 cm³/mol. The van der Waals surface area contributed by atoms with E-state index in [1.54, 1.807) is 13.0 Å². The minimum Gasteiger partial charge on any atom is -0.402 e. The Hall–Kier alpha value is -3.18. The number of fused-ring (bicyclic) bond motifs is 2. The van der Waals surface area contributed by atoms with Gasteiger partial charge >= 0.3 is 0 Å². The van der Waals surface area contributed by atoms with E-state index in [-0.39, 0.29) is 5.84 Å². The van der Waals surface area contributed by atoms with E-state index in [1.165, 1.54) is 0 Å². The lowest BCUT2D eigenvalue weighted by Gasteiger charge is -2.19. The van der Waals surface area contributed by atoms with Gasteiger partial charge in [-0.05, 0) is 49.8 Å². The van der Waals surface area contributed by atoms with Crippen LogP contribution in [0, 0.1) is 28.6 Å². The Morgan fingerprint density at radius 1 is 1.30 bits per heavy atom. The molecule has 2 aliphatic rings. The summed E-state index contributed by atoms with van der Waals surface area (Å²) in [5.41, 5.74) is 7.09. The van der Waals surface area contributed by atoms with E-state index >= 15 is 0 Å². The fraction of sp³-hybridized carbons (Fsp3) is 0.455. The summed E-state index contributed by atoms with van der Waals surface area (Å²) in [5, 5.41) is 24.4. The zero-order chi connectivity index (χ0) is 21.1. The van der Waals surface area contributed by atoms with Gasteiger partial charge in [0.05, 0.1) is 11.6 Å². The Morgan fingerprint density at radius 3 is 2.73 bits per heavy atom. The summed E-state index contributed by atoms with van der Waals surface area (Å²) in [5.74, 6) is 2.73. The number of benzene rings is 1. The van der Waals surface area contributed by atoms with E-state index in [1.807, 2.05) is 24.3 Å². The van der Waals surface area contributed by atoms with Gasteiger partial charge in [0.1, 0.15) is 11.7 Å². The SMILES string of the molecule is C/C(N)=C/C(=N)Nc1nc(N[C@@H]2C[C@@H]3CN(CCC#N)C[C@@H]3C2)nc2ccccc12. The third kappa shape index (κ3) is 4.52. The van der Waals surface area contributed by atoms with Gasteiger partial charge < -0.3 is 21.3 Å². The predicted octanol–water partition coefficient (Wildman–Crippen LogP) is 2.92. The summed E-state index contributed by atoms with van der Waals surface area (Å²) < 4.78 is 0. The molecule has 4 rings (SSSR count). The number of hydrogen-bond donors (Lipinski definition) is 4. The molecule has 1 saturated carbocycles. The molecular formula is C22H28N8. The van der Waals surface area contributed by atoms with Crippen molar-refractivity contribution < 1.29 is 0 Å². The highest BCUT2D eigenvalue weighted by Gasteiger charge is 2.40. The van der Waals surface area contributed by atoms with Crippen LogP contribution in [0.25, 0.3) is 10.9 Å². The van der Waals surface area contributed by atoms with Crippen molar-refractivity contribution in [2.45, 2.75) is 32.2 Å². The van der Waals surface area contributed by atoms with Gasteiger partial charge in [-0.25, -0.2) is 4.98 Å². The standard InChI is InChI=1S/C22H28N8/c1-14(24)9-20(25)28-21-18-5-2-3-6-19(18)27-22(29-21)26-17-10-15-12-30(8-4-7-23)13-16(15)11-17/h2-3,5-6,9,15-17H,4,8,10-13,24H2,1H3,(H3,25,26,27,28,29)/b14-9-/t15-,16+,17-. The maximum atomic E-state index is 8.80. The zero-order valence-corrected chi connectivity index (χ0v) is 17.2. The Balaban J connectivity index is 1.47. The first-order valence-corrected chi connectivity index (χ1v) is 10.4. The summed E-state index contributed by atoms with van der Waals surface area (Å²) >= 11 is 0. The number of hydrogen-bond acceptors (Lipinski definition) is 7. The third-order valence-electron chi connectivity index (χ3n) is 5.93. The Bertz CT molecular complexity index is 990. The molecule has 2 heterocycles. The van der Waals surface area contributed by atoms with Crippen LogP contribution < -0.4 is 16.4 Å². The number of nitrogens with one attached hydrogen (secondary N) is 3. The van der Waals surface area contributed by atoms with Crippen LogP contribution in [0.1, 0.15) is 26.2 Å². The van der Waals surface area contributed by atoms with Crippen LogP contribution in [-0.4, -0.2) is 46.4 Å². The average Bonchev–Trinajstić information content (AvgIpc) is 3.23. The number of amidine groups is 1. The number of allylic oxidation sites excluding steroid dienone is 1.